The van der Waals surface area contributed by atoms with Crippen LogP contribution in [0.5, 0.6) is 0 Å². The number of piperidine rings is 1. The first kappa shape index (κ1) is 17.9. The summed E-state index contributed by atoms with van der Waals surface area (Å²) in [6.07, 6.45) is 1.42. The number of likely N-dealkylation sites (tertiary alicyclic amines) is 1. The van der Waals surface area contributed by atoms with Gasteiger partial charge in [0.15, 0.2) is 0 Å². The minimum Gasteiger partial charge on any atom is -0.388 e. The van der Waals surface area contributed by atoms with Gasteiger partial charge in [0.2, 0.25) is 0 Å². The fourth-order valence-corrected chi connectivity index (χ4v) is 3.68. The maximum absolute atomic E-state index is 12.2. The Hall–Kier alpha value is -1.92. The number of amides is 3. The Labute approximate surface area is 148 Å². The minimum absolute atomic E-state index is 0.160. The molecule has 3 amide bonds. The number of nitrogens with zero attached hydrogens (tertiary/aromatic N) is 2. The largest absolute Gasteiger partial charge is 0.388 e. The highest BCUT2D eigenvalue weighted by molar-refractivity contribution is 6.06. The third kappa shape index (κ3) is 3.85. The van der Waals surface area contributed by atoms with Crippen molar-refractivity contribution in [1.29, 1.82) is 0 Å². The van der Waals surface area contributed by atoms with Crippen LogP contribution in [0.3, 0.4) is 0 Å². The molecule has 2 N–H and O–H groups in total. The lowest BCUT2D eigenvalue weighted by atomic mass is 9.87. The van der Waals surface area contributed by atoms with Gasteiger partial charge in [0.1, 0.15) is 5.54 Å². The van der Waals surface area contributed by atoms with E-state index < -0.39 is 11.6 Å². The van der Waals surface area contributed by atoms with E-state index in [0.717, 1.165) is 31.5 Å². The summed E-state index contributed by atoms with van der Waals surface area (Å²) in [6.45, 7) is 6.31. The molecule has 3 rings (SSSR count). The summed E-state index contributed by atoms with van der Waals surface area (Å²) >= 11 is 0. The molecule has 25 heavy (non-hydrogen) atoms. The van der Waals surface area contributed by atoms with E-state index in [2.05, 4.69) is 10.2 Å². The second kappa shape index (κ2) is 7.14. The van der Waals surface area contributed by atoms with Gasteiger partial charge in [-0.05, 0) is 51.3 Å². The van der Waals surface area contributed by atoms with Crippen molar-refractivity contribution in [2.24, 2.45) is 5.92 Å². The smallest absolute Gasteiger partial charge is 0.325 e. The Morgan fingerprint density at radius 2 is 1.80 bits per heavy atom. The fraction of sp³-hybridized carbons (Fsp3) is 0.579. The van der Waals surface area contributed by atoms with E-state index in [1.165, 1.54) is 4.90 Å². The SMILES string of the molecule is CC1(C)NC(=O)N(CCN2CCC(C(O)c3ccccc3)CC2)C1=O. The molecule has 2 aliphatic rings. The Morgan fingerprint density at radius 3 is 2.36 bits per heavy atom. The van der Waals surface area contributed by atoms with E-state index in [1.807, 2.05) is 30.3 Å². The number of urea groups is 1. The molecule has 1 aromatic carbocycles. The van der Waals surface area contributed by atoms with Crippen molar-refractivity contribution in [1.82, 2.24) is 15.1 Å². The molecule has 1 aromatic rings. The lowest BCUT2D eigenvalue weighted by molar-refractivity contribution is -0.130. The van der Waals surface area contributed by atoms with Gasteiger partial charge in [0.25, 0.3) is 5.91 Å². The van der Waals surface area contributed by atoms with Crippen molar-refractivity contribution >= 4 is 11.9 Å². The van der Waals surface area contributed by atoms with E-state index in [-0.39, 0.29) is 17.9 Å². The summed E-state index contributed by atoms with van der Waals surface area (Å²) in [5, 5.41) is 13.2. The van der Waals surface area contributed by atoms with Crippen LogP contribution in [0.2, 0.25) is 0 Å². The zero-order chi connectivity index (χ0) is 18.0. The summed E-state index contributed by atoms with van der Waals surface area (Å²) in [5.41, 5.74) is 0.173. The van der Waals surface area contributed by atoms with Crippen LogP contribution in [0.25, 0.3) is 0 Å². The normalized spacial score (nSPS) is 22.9. The molecule has 0 bridgehead atoms. The van der Waals surface area contributed by atoms with Crippen molar-refractivity contribution in [3.63, 3.8) is 0 Å². The lowest BCUT2D eigenvalue weighted by Gasteiger charge is -2.34. The first-order valence-corrected chi connectivity index (χ1v) is 8.98. The van der Waals surface area contributed by atoms with Crippen LogP contribution in [-0.2, 0) is 4.79 Å². The monoisotopic (exact) mass is 345 g/mol. The second-order valence-corrected chi connectivity index (χ2v) is 7.55. The molecule has 6 heteroatoms. The highest BCUT2D eigenvalue weighted by Gasteiger charge is 2.44. The third-order valence-corrected chi connectivity index (χ3v) is 5.30. The molecular weight excluding hydrogens is 318 g/mol. The van der Waals surface area contributed by atoms with Gasteiger partial charge in [-0.15, -0.1) is 0 Å². The molecular formula is C19H27N3O3. The number of benzene rings is 1. The van der Waals surface area contributed by atoms with Crippen LogP contribution < -0.4 is 5.32 Å². The Balaban J connectivity index is 1.47. The van der Waals surface area contributed by atoms with E-state index >= 15 is 0 Å². The number of hydrogen-bond acceptors (Lipinski definition) is 4. The number of hydrogen-bond donors (Lipinski definition) is 2. The number of carbonyl (C=O) groups is 2. The highest BCUT2D eigenvalue weighted by Crippen LogP contribution is 2.30. The van der Waals surface area contributed by atoms with Crippen molar-refractivity contribution in [3.05, 3.63) is 35.9 Å². The summed E-state index contributed by atoms with van der Waals surface area (Å²) in [4.78, 5) is 27.7. The first-order chi connectivity index (χ1) is 11.9. The van der Waals surface area contributed by atoms with Crippen molar-refractivity contribution in [3.8, 4) is 0 Å². The van der Waals surface area contributed by atoms with Gasteiger partial charge in [-0.3, -0.25) is 9.69 Å². The maximum atomic E-state index is 12.2. The van der Waals surface area contributed by atoms with Gasteiger partial charge in [0.05, 0.1) is 6.10 Å². The predicted octanol–water partition coefficient (Wildman–Crippen LogP) is 1.76. The standard InChI is InChI=1S/C19H27N3O3/c1-19(2)17(24)22(18(25)20-19)13-12-21-10-8-15(9-11-21)16(23)14-6-4-3-5-7-14/h3-7,15-16,23H,8-13H2,1-2H3,(H,20,25). The molecule has 0 radical (unpaired) electrons. The van der Waals surface area contributed by atoms with Gasteiger partial charge in [-0.25, -0.2) is 4.79 Å². The first-order valence-electron chi connectivity index (χ1n) is 8.98. The average molecular weight is 345 g/mol. The van der Waals surface area contributed by atoms with Crippen LogP contribution in [-0.4, -0.2) is 58.6 Å². The molecule has 6 nitrogen and oxygen atoms in total. The Morgan fingerprint density at radius 1 is 1.16 bits per heavy atom. The zero-order valence-corrected chi connectivity index (χ0v) is 14.9. The summed E-state index contributed by atoms with van der Waals surface area (Å²) in [6, 6.07) is 9.49. The number of nitrogens with one attached hydrogen (secondary N) is 1. The second-order valence-electron chi connectivity index (χ2n) is 7.55. The number of aliphatic hydroxyl groups is 1. The van der Waals surface area contributed by atoms with Gasteiger partial charge in [-0.1, -0.05) is 30.3 Å². The zero-order valence-electron chi connectivity index (χ0n) is 14.9. The average Bonchev–Trinajstić information content (AvgIpc) is 2.81. The van der Waals surface area contributed by atoms with Crippen LogP contribution in [0.1, 0.15) is 38.4 Å². The highest BCUT2D eigenvalue weighted by atomic mass is 16.3. The molecule has 1 atom stereocenters. The van der Waals surface area contributed by atoms with Crippen LogP contribution in [0, 0.1) is 5.92 Å². The summed E-state index contributed by atoms with van der Waals surface area (Å²) in [7, 11) is 0. The predicted molar refractivity (Wildman–Crippen MR) is 94.9 cm³/mol. The molecule has 2 fully saturated rings. The molecule has 0 aliphatic carbocycles. The van der Waals surface area contributed by atoms with Crippen LogP contribution in [0.15, 0.2) is 30.3 Å². The topological polar surface area (TPSA) is 72.9 Å². The van der Waals surface area contributed by atoms with Crippen molar-refractivity contribution < 1.29 is 14.7 Å². The van der Waals surface area contributed by atoms with Gasteiger partial charge < -0.3 is 15.3 Å². The van der Waals surface area contributed by atoms with Gasteiger partial charge in [-0.2, -0.15) is 0 Å². The number of carbonyl (C=O) groups excluding carboxylic acids is 2. The molecule has 0 aromatic heterocycles. The molecule has 2 saturated heterocycles. The number of imide groups is 1. The molecule has 0 spiro atoms. The van der Waals surface area contributed by atoms with Crippen LogP contribution >= 0.6 is 0 Å². The Bertz CT molecular complexity index is 624. The van der Waals surface area contributed by atoms with Crippen LogP contribution in [0.4, 0.5) is 4.79 Å². The molecule has 1 unspecified atom stereocenters. The maximum Gasteiger partial charge on any atom is 0.325 e. The fourth-order valence-electron chi connectivity index (χ4n) is 3.68. The Kier molecular flexibility index (Phi) is 5.11. The molecule has 2 heterocycles. The number of aliphatic hydroxyl groups excluding tert-OH is 1. The summed E-state index contributed by atoms with van der Waals surface area (Å²) in [5.74, 6) is 0.0983. The van der Waals surface area contributed by atoms with Gasteiger partial charge in [0, 0.05) is 13.1 Å². The van der Waals surface area contributed by atoms with Crippen molar-refractivity contribution in [2.75, 3.05) is 26.2 Å². The van der Waals surface area contributed by atoms with Crippen molar-refractivity contribution in [2.45, 2.75) is 38.3 Å². The minimum atomic E-state index is -0.802. The van der Waals surface area contributed by atoms with E-state index in [9.17, 15) is 14.7 Å². The van der Waals surface area contributed by atoms with E-state index in [1.54, 1.807) is 13.8 Å². The molecule has 2 aliphatic heterocycles. The van der Waals surface area contributed by atoms with Gasteiger partial charge >= 0.3 is 6.03 Å². The lowest BCUT2D eigenvalue weighted by Crippen LogP contribution is -2.43. The quantitative estimate of drug-likeness (QED) is 0.798. The number of rotatable bonds is 5. The van der Waals surface area contributed by atoms with E-state index in [0.29, 0.717) is 13.1 Å². The third-order valence-electron chi connectivity index (χ3n) is 5.30. The van der Waals surface area contributed by atoms with E-state index in [4.69, 9.17) is 0 Å². The molecule has 0 saturated carbocycles. The molecule has 136 valence electrons. The summed E-state index contributed by atoms with van der Waals surface area (Å²) < 4.78 is 0.